The Balaban J connectivity index is 1.05. The molecule has 0 saturated heterocycles. The van der Waals surface area contributed by atoms with Crippen LogP contribution in [0, 0.1) is 0 Å². The summed E-state index contributed by atoms with van der Waals surface area (Å²) in [6.45, 7) is 0. The first-order valence-electron chi connectivity index (χ1n) is 17.3. The maximum Gasteiger partial charge on any atom is 0.144 e. The van der Waals surface area contributed by atoms with Crippen LogP contribution in [-0.2, 0) is 0 Å². The van der Waals surface area contributed by atoms with Crippen molar-refractivity contribution in [2.75, 3.05) is 4.90 Å². The van der Waals surface area contributed by atoms with Crippen LogP contribution in [0.2, 0.25) is 0 Å². The molecule has 0 spiro atoms. The van der Waals surface area contributed by atoms with Gasteiger partial charge in [-0.15, -0.1) is 11.3 Å². The summed E-state index contributed by atoms with van der Waals surface area (Å²) in [6, 6.07) is 67.2. The zero-order valence-electron chi connectivity index (χ0n) is 27.7. The number of rotatable bonds is 6. The van der Waals surface area contributed by atoms with Crippen molar-refractivity contribution in [2.45, 2.75) is 0 Å². The quantitative estimate of drug-likeness (QED) is 0.175. The number of hydrogen-bond donors (Lipinski definition) is 0. The molecule has 10 aromatic rings. The second kappa shape index (κ2) is 12.2. The Kier molecular flexibility index (Phi) is 7.04. The molecule has 0 bridgehead atoms. The minimum atomic E-state index is 0.921. The first kappa shape index (κ1) is 29.5. The fraction of sp³-hybridized carbons (Fsp3) is 0. The van der Waals surface area contributed by atoms with Crippen molar-refractivity contribution in [3.63, 3.8) is 0 Å². The van der Waals surface area contributed by atoms with Crippen molar-refractivity contribution in [3.8, 4) is 33.4 Å². The minimum Gasteiger partial charge on any atom is -0.455 e. The van der Waals surface area contributed by atoms with Gasteiger partial charge >= 0.3 is 0 Å². The maximum absolute atomic E-state index is 6.62. The molecule has 0 aliphatic rings. The van der Waals surface area contributed by atoms with E-state index in [1.807, 2.05) is 17.4 Å². The number of benzene rings is 8. The van der Waals surface area contributed by atoms with E-state index in [4.69, 9.17) is 4.42 Å². The standard InChI is InChI=1S/C48H31NOS/c1-3-12-32(13-4-1)33-26-28-38(29-27-33)49(37-15-5-2-6-16-37)39-17-11-14-36(30-39)34-22-24-35(25-23-34)42-31-43-40-18-8-10-21-45(40)51-48(43)46-41-19-7-9-20-44(41)50-47(42)46/h1-31H. The number of hydrogen-bond acceptors (Lipinski definition) is 3. The average molecular weight is 670 g/mol. The van der Waals surface area contributed by atoms with E-state index in [0.29, 0.717) is 0 Å². The van der Waals surface area contributed by atoms with E-state index >= 15 is 0 Å². The molecule has 240 valence electrons. The van der Waals surface area contributed by atoms with Gasteiger partial charge in [0.25, 0.3) is 0 Å². The van der Waals surface area contributed by atoms with Crippen molar-refractivity contribution in [1.29, 1.82) is 0 Å². The molecule has 0 radical (unpaired) electrons. The van der Waals surface area contributed by atoms with E-state index in [2.05, 4.69) is 187 Å². The van der Waals surface area contributed by atoms with Gasteiger partial charge in [0, 0.05) is 53.6 Å². The number of thiophene rings is 1. The number of para-hydroxylation sites is 2. The molecular weight excluding hydrogens is 639 g/mol. The molecule has 51 heavy (non-hydrogen) atoms. The minimum absolute atomic E-state index is 0.921. The Bertz CT molecular complexity index is 2830. The van der Waals surface area contributed by atoms with Crippen LogP contribution in [-0.4, -0.2) is 0 Å². The lowest BCUT2D eigenvalue weighted by atomic mass is 9.96. The van der Waals surface area contributed by atoms with Crippen LogP contribution in [0.1, 0.15) is 0 Å². The first-order chi connectivity index (χ1) is 25.3. The summed E-state index contributed by atoms with van der Waals surface area (Å²) in [4.78, 5) is 2.32. The van der Waals surface area contributed by atoms with Crippen LogP contribution in [0.15, 0.2) is 192 Å². The molecule has 0 amide bonds. The van der Waals surface area contributed by atoms with Gasteiger partial charge in [-0.1, -0.05) is 133 Å². The van der Waals surface area contributed by atoms with E-state index in [0.717, 1.165) is 55.9 Å². The van der Waals surface area contributed by atoms with Gasteiger partial charge in [-0.2, -0.15) is 0 Å². The number of anilines is 3. The third kappa shape index (κ3) is 5.10. The van der Waals surface area contributed by atoms with E-state index in [1.54, 1.807) is 0 Å². The molecular formula is C48H31NOS. The topological polar surface area (TPSA) is 16.4 Å². The Hall–Kier alpha value is -6.42. The van der Waals surface area contributed by atoms with Crippen molar-refractivity contribution >= 4 is 70.5 Å². The molecule has 10 rings (SSSR count). The average Bonchev–Trinajstić information content (AvgIpc) is 3.78. The summed E-state index contributed by atoms with van der Waals surface area (Å²) < 4.78 is 9.19. The molecule has 0 unspecified atom stereocenters. The molecule has 2 aromatic heterocycles. The summed E-state index contributed by atoms with van der Waals surface area (Å²) in [5.41, 5.74) is 12.2. The highest BCUT2D eigenvalue weighted by Crippen LogP contribution is 2.46. The lowest BCUT2D eigenvalue weighted by Crippen LogP contribution is -2.09. The second-order valence-corrected chi connectivity index (χ2v) is 14.0. The molecule has 3 heteroatoms. The van der Waals surface area contributed by atoms with Crippen molar-refractivity contribution in [3.05, 3.63) is 188 Å². The molecule has 8 aromatic carbocycles. The number of nitrogens with zero attached hydrogens (tertiary/aromatic N) is 1. The number of furan rings is 1. The molecule has 0 aliphatic heterocycles. The van der Waals surface area contributed by atoms with Crippen LogP contribution >= 0.6 is 11.3 Å². The first-order valence-corrected chi connectivity index (χ1v) is 18.1. The van der Waals surface area contributed by atoms with E-state index < -0.39 is 0 Å². The van der Waals surface area contributed by atoms with Gasteiger partial charge < -0.3 is 9.32 Å². The van der Waals surface area contributed by atoms with Crippen molar-refractivity contribution in [1.82, 2.24) is 0 Å². The third-order valence-corrected chi connectivity index (χ3v) is 11.1. The predicted octanol–water partition coefficient (Wildman–Crippen LogP) is 14.4. The van der Waals surface area contributed by atoms with E-state index in [-0.39, 0.29) is 0 Å². The lowest BCUT2D eigenvalue weighted by molar-refractivity contribution is 0.670. The Morgan fingerprint density at radius 1 is 0.392 bits per heavy atom. The highest BCUT2D eigenvalue weighted by atomic mass is 32.1. The largest absolute Gasteiger partial charge is 0.455 e. The Morgan fingerprint density at radius 2 is 0.961 bits per heavy atom. The molecule has 0 atom stereocenters. The summed E-state index contributed by atoms with van der Waals surface area (Å²) in [5, 5.41) is 4.93. The predicted molar refractivity (Wildman–Crippen MR) is 218 cm³/mol. The SMILES string of the molecule is c1ccc(-c2ccc(N(c3ccccc3)c3cccc(-c4ccc(-c5cc6c7ccccc7sc6c6c5oc5ccccc56)cc4)c3)cc2)cc1. The molecule has 2 heterocycles. The Labute approximate surface area is 300 Å². The van der Waals surface area contributed by atoms with Crippen molar-refractivity contribution < 1.29 is 4.42 Å². The summed E-state index contributed by atoms with van der Waals surface area (Å²) in [6.07, 6.45) is 0. The molecule has 0 N–H and O–H groups in total. The fourth-order valence-corrected chi connectivity index (χ4v) is 8.64. The van der Waals surface area contributed by atoms with Crippen LogP contribution in [0.5, 0.6) is 0 Å². The smallest absolute Gasteiger partial charge is 0.144 e. The van der Waals surface area contributed by atoms with Gasteiger partial charge in [0.15, 0.2) is 0 Å². The molecule has 0 saturated carbocycles. The monoisotopic (exact) mass is 669 g/mol. The maximum atomic E-state index is 6.62. The number of fused-ring (bicyclic) bond motifs is 7. The Morgan fingerprint density at radius 3 is 1.76 bits per heavy atom. The van der Waals surface area contributed by atoms with Crippen LogP contribution < -0.4 is 4.90 Å². The van der Waals surface area contributed by atoms with Gasteiger partial charge in [-0.3, -0.25) is 0 Å². The van der Waals surface area contributed by atoms with Gasteiger partial charge in [0.2, 0.25) is 0 Å². The highest BCUT2D eigenvalue weighted by molar-refractivity contribution is 7.26. The fourth-order valence-electron chi connectivity index (χ4n) is 7.40. The van der Waals surface area contributed by atoms with E-state index in [1.165, 1.54) is 36.7 Å². The highest BCUT2D eigenvalue weighted by Gasteiger charge is 2.19. The van der Waals surface area contributed by atoms with Gasteiger partial charge in [0.05, 0.1) is 0 Å². The van der Waals surface area contributed by atoms with Crippen LogP contribution in [0.25, 0.3) is 75.5 Å². The normalized spacial score (nSPS) is 11.5. The van der Waals surface area contributed by atoms with Crippen LogP contribution in [0.3, 0.4) is 0 Å². The van der Waals surface area contributed by atoms with Gasteiger partial charge in [0.1, 0.15) is 11.2 Å². The third-order valence-electron chi connectivity index (χ3n) is 9.87. The van der Waals surface area contributed by atoms with Gasteiger partial charge in [-0.25, -0.2) is 0 Å². The summed E-state index contributed by atoms with van der Waals surface area (Å²) in [7, 11) is 0. The summed E-state index contributed by atoms with van der Waals surface area (Å²) >= 11 is 1.85. The zero-order chi connectivity index (χ0) is 33.7. The zero-order valence-corrected chi connectivity index (χ0v) is 28.5. The lowest BCUT2D eigenvalue weighted by Gasteiger charge is -2.26. The van der Waals surface area contributed by atoms with Crippen LogP contribution in [0.4, 0.5) is 17.1 Å². The second-order valence-electron chi connectivity index (χ2n) is 12.9. The van der Waals surface area contributed by atoms with Crippen molar-refractivity contribution in [2.24, 2.45) is 0 Å². The summed E-state index contributed by atoms with van der Waals surface area (Å²) in [5.74, 6) is 0. The van der Waals surface area contributed by atoms with Gasteiger partial charge in [-0.05, 0) is 82.4 Å². The molecule has 2 nitrogen and oxygen atoms in total. The van der Waals surface area contributed by atoms with E-state index in [9.17, 15) is 0 Å². The molecule has 0 fully saturated rings. The molecule has 0 aliphatic carbocycles.